The summed E-state index contributed by atoms with van der Waals surface area (Å²) >= 11 is 0. The molecule has 0 aromatic carbocycles. The number of aromatic nitrogens is 2. The van der Waals surface area contributed by atoms with Gasteiger partial charge in [-0.3, -0.25) is 0 Å². The van der Waals surface area contributed by atoms with E-state index in [-0.39, 0.29) is 6.04 Å². The molecular weight excluding hydrogens is 254 g/mol. The van der Waals surface area contributed by atoms with Crippen LogP contribution in [0, 0.1) is 11.3 Å². The molecule has 0 atom stereocenters. The van der Waals surface area contributed by atoms with E-state index in [4.69, 9.17) is 4.74 Å². The minimum atomic E-state index is 0.224. The highest BCUT2D eigenvalue weighted by Gasteiger charge is 2.21. The minimum absolute atomic E-state index is 0.224. The zero-order valence-electron chi connectivity index (χ0n) is 12.3. The summed E-state index contributed by atoms with van der Waals surface area (Å²) in [6, 6.07) is 2.40. The molecule has 1 saturated heterocycles. The molecule has 1 N–H and O–H groups in total. The molecule has 1 fully saturated rings. The Hall–Kier alpha value is -2.03. The van der Waals surface area contributed by atoms with Crippen LogP contribution in [0.5, 0.6) is 5.88 Å². The predicted octanol–water partition coefficient (Wildman–Crippen LogP) is 2.17. The number of piperidine rings is 1. The fourth-order valence-corrected chi connectivity index (χ4v) is 2.33. The zero-order chi connectivity index (χ0) is 14.5. The van der Waals surface area contributed by atoms with E-state index in [0.717, 1.165) is 25.9 Å². The fraction of sp³-hybridized carbons (Fsp3) is 0.643. The van der Waals surface area contributed by atoms with Crippen molar-refractivity contribution in [1.29, 1.82) is 5.26 Å². The average molecular weight is 275 g/mol. The minimum Gasteiger partial charge on any atom is -0.480 e. The van der Waals surface area contributed by atoms with Crippen LogP contribution >= 0.6 is 0 Å². The predicted molar refractivity (Wildman–Crippen MR) is 78.1 cm³/mol. The van der Waals surface area contributed by atoms with Crippen LogP contribution in [0.1, 0.15) is 38.7 Å². The first-order valence-electron chi connectivity index (χ1n) is 7.03. The van der Waals surface area contributed by atoms with Gasteiger partial charge in [0.05, 0.1) is 7.11 Å². The van der Waals surface area contributed by atoms with Gasteiger partial charge in [-0.25, -0.2) is 0 Å². The molecule has 6 nitrogen and oxygen atoms in total. The van der Waals surface area contributed by atoms with Crippen LogP contribution < -0.4 is 15.0 Å². The maximum absolute atomic E-state index is 9.38. The molecule has 0 radical (unpaired) electrons. The van der Waals surface area contributed by atoms with Crippen molar-refractivity contribution in [3.63, 3.8) is 0 Å². The van der Waals surface area contributed by atoms with Crippen molar-refractivity contribution in [3.05, 3.63) is 5.56 Å². The van der Waals surface area contributed by atoms with Gasteiger partial charge in [-0.05, 0) is 33.1 Å². The Labute approximate surface area is 119 Å². The Morgan fingerprint density at radius 2 is 1.95 bits per heavy atom. The van der Waals surface area contributed by atoms with Gasteiger partial charge in [0.1, 0.15) is 6.07 Å². The molecule has 0 amide bonds. The van der Waals surface area contributed by atoms with Crippen LogP contribution in [-0.2, 0) is 0 Å². The van der Waals surface area contributed by atoms with Crippen LogP contribution in [0.4, 0.5) is 11.8 Å². The van der Waals surface area contributed by atoms with E-state index in [0.29, 0.717) is 23.2 Å². The maximum atomic E-state index is 9.38. The number of hydrogen-bond donors (Lipinski definition) is 1. The second kappa shape index (κ2) is 6.42. The first kappa shape index (κ1) is 14.4. The van der Waals surface area contributed by atoms with E-state index in [1.54, 1.807) is 0 Å². The molecule has 0 unspecified atom stereocenters. The van der Waals surface area contributed by atoms with Gasteiger partial charge in [-0.1, -0.05) is 0 Å². The van der Waals surface area contributed by atoms with Gasteiger partial charge >= 0.3 is 0 Å². The van der Waals surface area contributed by atoms with E-state index >= 15 is 0 Å². The Balaban J connectivity index is 2.42. The maximum Gasteiger partial charge on any atom is 0.238 e. The molecule has 2 rings (SSSR count). The molecule has 6 heteroatoms. The van der Waals surface area contributed by atoms with Crippen LogP contribution in [0.25, 0.3) is 0 Å². The topological polar surface area (TPSA) is 74.1 Å². The van der Waals surface area contributed by atoms with Crippen molar-refractivity contribution in [1.82, 2.24) is 9.97 Å². The lowest BCUT2D eigenvalue weighted by Gasteiger charge is -2.29. The third kappa shape index (κ3) is 3.10. The lowest BCUT2D eigenvalue weighted by molar-refractivity contribution is 0.395. The van der Waals surface area contributed by atoms with Gasteiger partial charge in [0.15, 0.2) is 11.4 Å². The number of ether oxygens (including phenoxy) is 1. The number of nitrogens with zero attached hydrogens (tertiary/aromatic N) is 4. The van der Waals surface area contributed by atoms with Gasteiger partial charge in [-0.2, -0.15) is 15.2 Å². The third-order valence-corrected chi connectivity index (χ3v) is 3.24. The molecule has 0 aliphatic carbocycles. The molecular formula is C14H21N5O. The molecule has 0 bridgehead atoms. The highest BCUT2D eigenvalue weighted by Crippen LogP contribution is 2.29. The van der Waals surface area contributed by atoms with Crippen LogP contribution in [-0.4, -0.2) is 36.2 Å². The molecule has 1 aliphatic rings. The summed E-state index contributed by atoms with van der Waals surface area (Å²) in [6.45, 7) is 5.90. The number of anilines is 2. The summed E-state index contributed by atoms with van der Waals surface area (Å²) in [5.41, 5.74) is 0.420. The van der Waals surface area contributed by atoms with Crippen molar-refractivity contribution in [2.75, 3.05) is 30.4 Å². The molecule has 20 heavy (non-hydrogen) atoms. The third-order valence-electron chi connectivity index (χ3n) is 3.24. The summed E-state index contributed by atoms with van der Waals surface area (Å²) in [6.07, 6.45) is 3.49. The SMILES string of the molecule is COc1nc(NC(C)C)nc(N2CCCCC2)c1C#N. The standard InChI is InChI=1S/C14H21N5O/c1-10(2)16-14-17-12(19-7-5-4-6-8-19)11(9-15)13(18-14)20-3/h10H,4-8H2,1-3H3,(H,16,17,18). The first-order chi connectivity index (χ1) is 9.65. The van der Waals surface area contributed by atoms with Crippen LogP contribution in [0.3, 0.4) is 0 Å². The fourth-order valence-electron chi connectivity index (χ4n) is 2.33. The summed E-state index contributed by atoms with van der Waals surface area (Å²) in [4.78, 5) is 10.9. The lowest BCUT2D eigenvalue weighted by atomic mass is 10.1. The number of methoxy groups -OCH3 is 1. The summed E-state index contributed by atoms with van der Waals surface area (Å²) in [5.74, 6) is 1.53. The Morgan fingerprint density at radius 1 is 1.25 bits per heavy atom. The smallest absolute Gasteiger partial charge is 0.238 e. The quantitative estimate of drug-likeness (QED) is 0.907. The number of hydrogen-bond acceptors (Lipinski definition) is 6. The Kier molecular flexibility index (Phi) is 4.61. The number of nitrogens with one attached hydrogen (secondary N) is 1. The Morgan fingerprint density at radius 3 is 2.50 bits per heavy atom. The molecule has 0 spiro atoms. The van der Waals surface area contributed by atoms with Crippen molar-refractivity contribution >= 4 is 11.8 Å². The summed E-state index contributed by atoms with van der Waals surface area (Å²) in [5, 5.41) is 12.5. The Bertz CT molecular complexity index is 503. The molecule has 1 aliphatic heterocycles. The number of rotatable bonds is 4. The molecule has 0 saturated carbocycles. The highest BCUT2D eigenvalue weighted by molar-refractivity contribution is 5.61. The highest BCUT2D eigenvalue weighted by atomic mass is 16.5. The molecule has 1 aromatic heterocycles. The van der Waals surface area contributed by atoms with Crippen LogP contribution in [0.15, 0.2) is 0 Å². The normalized spacial score (nSPS) is 15.1. The summed E-state index contributed by atoms with van der Waals surface area (Å²) < 4.78 is 5.25. The van der Waals surface area contributed by atoms with E-state index in [9.17, 15) is 5.26 Å². The van der Waals surface area contributed by atoms with Crippen molar-refractivity contribution in [2.45, 2.75) is 39.2 Å². The van der Waals surface area contributed by atoms with Gasteiger partial charge < -0.3 is 15.0 Å². The largest absolute Gasteiger partial charge is 0.480 e. The van der Waals surface area contributed by atoms with Crippen molar-refractivity contribution in [3.8, 4) is 11.9 Å². The van der Waals surface area contributed by atoms with E-state index in [2.05, 4.69) is 26.3 Å². The van der Waals surface area contributed by atoms with Gasteiger partial charge in [0, 0.05) is 19.1 Å². The first-order valence-corrected chi connectivity index (χ1v) is 7.03. The van der Waals surface area contributed by atoms with Crippen molar-refractivity contribution in [2.24, 2.45) is 0 Å². The molecule has 2 heterocycles. The molecule has 108 valence electrons. The lowest BCUT2D eigenvalue weighted by Crippen LogP contribution is -2.31. The van der Waals surface area contributed by atoms with Gasteiger partial charge in [0.25, 0.3) is 0 Å². The number of nitriles is 1. The second-order valence-electron chi connectivity index (χ2n) is 5.21. The zero-order valence-corrected chi connectivity index (χ0v) is 12.3. The van der Waals surface area contributed by atoms with E-state index in [1.165, 1.54) is 13.5 Å². The van der Waals surface area contributed by atoms with E-state index < -0.39 is 0 Å². The van der Waals surface area contributed by atoms with Gasteiger partial charge in [0.2, 0.25) is 11.8 Å². The van der Waals surface area contributed by atoms with Crippen LogP contribution in [0.2, 0.25) is 0 Å². The monoisotopic (exact) mass is 275 g/mol. The van der Waals surface area contributed by atoms with Gasteiger partial charge in [-0.15, -0.1) is 0 Å². The van der Waals surface area contributed by atoms with E-state index in [1.807, 2.05) is 13.8 Å². The average Bonchev–Trinajstić information content (AvgIpc) is 2.46. The van der Waals surface area contributed by atoms with Crippen molar-refractivity contribution < 1.29 is 4.74 Å². The second-order valence-corrected chi connectivity index (χ2v) is 5.21. The molecule has 1 aromatic rings. The summed E-state index contributed by atoms with van der Waals surface area (Å²) in [7, 11) is 1.53.